The van der Waals surface area contributed by atoms with E-state index in [1.165, 1.54) is 4.90 Å². The van der Waals surface area contributed by atoms with Crippen molar-refractivity contribution in [3.63, 3.8) is 0 Å². The molecule has 1 aromatic rings. The number of carbonyl (C=O) groups excluding carboxylic acids is 1. The molecule has 2 N–H and O–H groups in total. The summed E-state index contributed by atoms with van der Waals surface area (Å²) in [6, 6.07) is 6.68. The number of nitrogens with zero attached hydrogens (tertiary/aromatic N) is 1. The molecule has 0 fully saturated rings. The Bertz CT molecular complexity index is 490. The predicted molar refractivity (Wildman–Crippen MR) is 80.3 cm³/mol. The molecule has 1 atom stereocenters. The molecule has 6 heteroatoms. The largest absolute Gasteiger partial charge is 0.481 e. The topological polar surface area (TPSA) is 78.9 Å². The number of benzene rings is 1. The third-order valence-electron chi connectivity index (χ3n) is 3.09. The molecule has 1 rings (SSSR count). The summed E-state index contributed by atoms with van der Waals surface area (Å²) in [6.07, 6.45) is -0.0784. The van der Waals surface area contributed by atoms with Crippen LogP contribution in [0.15, 0.2) is 24.3 Å². The van der Waals surface area contributed by atoms with Gasteiger partial charge in [-0.2, -0.15) is 0 Å². The Kier molecular flexibility index (Phi) is 6.68. The van der Waals surface area contributed by atoms with Crippen LogP contribution in [0.1, 0.15) is 25.8 Å². The quantitative estimate of drug-likeness (QED) is 0.810. The first-order valence-corrected chi connectivity index (χ1v) is 6.85. The molecular weight excluding hydrogens is 272 g/mol. The second-order valence-electron chi connectivity index (χ2n) is 4.80. The molecule has 0 spiro atoms. The van der Waals surface area contributed by atoms with Gasteiger partial charge in [0.2, 0.25) is 0 Å². The zero-order valence-electron chi connectivity index (χ0n) is 12.6. The summed E-state index contributed by atoms with van der Waals surface area (Å²) in [5.74, 6) is -0.921. The third-order valence-corrected chi connectivity index (χ3v) is 3.09. The highest BCUT2D eigenvalue weighted by Crippen LogP contribution is 2.13. The minimum atomic E-state index is -0.921. The molecule has 0 heterocycles. The molecule has 0 bridgehead atoms. The average Bonchev–Trinajstić information content (AvgIpc) is 2.39. The lowest BCUT2D eigenvalue weighted by atomic mass is 10.2. The molecule has 0 saturated heterocycles. The van der Waals surface area contributed by atoms with Crippen LogP contribution in [0, 0.1) is 0 Å². The number of anilines is 1. The van der Waals surface area contributed by atoms with Gasteiger partial charge in [-0.25, -0.2) is 4.79 Å². The van der Waals surface area contributed by atoms with E-state index in [-0.39, 0.29) is 18.5 Å². The maximum absolute atomic E-state index is 12.2. The van der Waals surface area contributed by atoms with Gasteiger partial charge in [-0.3, -0.25) is 4.79 Å². The number of hydrogen-bond donors (Lipinski definition) is 2. The molecule has 0 aliphatic carbocycles. The maximum atomic E-state index is 12.2. The number of methoxy groups -OCH3 is 1. The van der Waals surface area contributed by atoms with Crippen LogP contribution in [-0.2, 0) is 16.1 Å². The van der Waals surface area contributed by atoms with Gasteiger partial charge in [-0.05, 0) is 31.5 Å². The lowest BCUT2D eigenvalue weighted by Crippen LogP contribution is -2.42. The zero-order chi connectivity index (χ0) is 15.8. The van der Waals surface area contributed by atoms with Crippen molar-refractivity contribution in [2.75, 3.05) is 19.0 Å². The number of nitrogens with one attached hydrogen (secondary N) is 1. The Morgan fingerprint density at radius 3 is 2.71 bits per heavy atom. The van der Waals surface area contributed by atoms with Gasteiger partial charge >= 0.3 is 12.0 Å². The Balaban J connectivity index is 2.73. The number of rotatable bonds is 7. The van der Waals surface area contributed by atoms with E-state index >= 15 is 0 Å². The van der Waals surface area contributed by atoms with Crippen molar-refractivity contribution in [2.24, 2.45) is 0 Å². The molecule has 6 nitrogen and oxygen atoms in total. The summed E-state index contributed by atoms with van der Waals surface area (Å²) >= 11 is 0. The monoisotopic (exact) mass is 294 g/mol. The van der Waals surface area contributed by atoms with Crippen molar-refractivity contribution in [2.45, 2.75) is 32.9 Å². The molecule has 0 aliphatic rings. The summed E-state index contributed by atoms with van der Waals surface area (Å²) in [6.45, 7) is 4.45. The SMILES string of the molecule is CCN(C(=O)Nc1cccc(COC)c1)C(C)CC(=O)O. The van der Waals surface area contributed by atoms with Crippen molar-refractivity contribution in [3.05, 3.63) is 29.8 Å². The maximum Gasteiger partial charge on any atom is 0.322 e. The van der Waals surface area contributed by atoms with E-state index in [1.807, 2.05) is 25.1 Å². The van der Waals surface area contributed by atoms with Gasteiger partial charge in [-0.15, -0.1) is 0 Å². The fraction of sp³-hybridized carbons (Fsp3) is 0.467. The van der Waals surface area contributed by atoms with Gasteiger partial charge in [0.05, 0.1) is 13.0 Å². The van der Waals surface area contributed by atoms with Crippen LogP contribution in [0.3, 0.4) is 0 Å². The minimum Gasteiger partial charge on any atom is -0.481 e. The van der Waals surface area contributed by atoms with Crippen LogP contribution < -0.4 is 5.32 Å². The first-order chi connectivity index (χ1) is 9.97. The van der Waals surface area contributed by atoms with Crippen LogP contribution in [0.4, 0.5) is 10.5 Å². The standard InChI is InChI=1S/C15H22N2O4/c1-4-17(11(2)8-14(18)19)15(20)16-13-7-5-6-12(9-13)10-21-3/h5-7,9,11H,4,8,10H2,1-3H3,(H,16,20)(H,18,19). The van der Waals surface area contributed by atoms with Crippen LogP contribution in [0.25, 0.3) is 0 Å². The smallest absolute Gasteiger partial charge is 0.322 e. The third kappa shape index (κ3) is 5.43. The molecule has 0 radical (unpaired) electrons. The number of hydrogen-bond acceptors (Lipinski definition) is 3. The summed E-state index contributed by atoms with van der Waals surface area (Å²) < 4.78 is 5.05. The summed E-state index contributed by atoms with van der Waals surface area (Å²) in [5.41, 5.74) is 1.62. The lowest BCUT2D eigenvalue weighted by Gasteiger charge is -2.27. The number of urea groups is 1. The van der Waals surface area contributed by atoms with Crippen LogP contribution in [0.5, 0.6) is 0 Å². The Morgan fingerprint density at radius 2 is 2.14 bits per heavy atom. The number of amides is 2. The molecule has 1 unspecified atom stereocenters. The van der Waals surface area contributed by atoms with Gasteiger partial charge in [-0.1, -0.05) is 12.1 Å². The molecule has 21 heavy (non-hydrogen) atoms. The summed E-state index contributed by atoms with van der Waals surface area (Å²) in [4.78, 5) is 24.5. The van der Waals surface area contributed by atoms with Gasteiger partial charge in [0, 0.05) is 25.4 Å². The van der Waals surface area contributed by atoms with Gasteiger partial charge in [0.25, 0.3) is 0 Å². The first-order valence-electron chi connectivity index (χ1n) is 6.85. The Hall–Kier alpha value is -2.08. The summed E-state index contributed by atoms with van der Waals surface area (Å²) in [7, 11) is 1.61. The van der Waals surface area contributed by atoms with Gasteiger partial charge in [0.1, 0.15) is 0 Å². The van der Waals surface area contributed by atoms with Crippen LogP contribution in [0.2, 0.25) is 0 Å². The van der Waals surface area contributed by atoms with E-state index in [9.17, 15) is 9.59 Å². The van der Waals surface area contributed by atoms with Crippen LogP contribution in [-0.4, -0.2) is 41.7 Å². The normalized spacial score (nSPS) is 11.8. The van der Waals surface area contributed by atoms with Crippen molar-refractivity contribution in [1.82, 2.24) is 4.90 Å². The van der Waals surface area contributed by atoms with Gasteiger partial charge in [0.15, 0.2) is 0 Å². The number of aliphatic carboxylic acids is 1. The predicted octanol–water partition coefficient (Wildman–Crippen LogP) is 2.55. The van der Waals surface area contributed by atoms with E-state index in [1.54, 1.807) is 20.1 Å². The van der Waals surface area contributed by atoms with Gasteiger partial charge < -0.3 is 20.1 Å². The van der Waals surface area contributed by atoms with E-state index in [0.717, 1.165) is 5.56 Å². The second kappa shape index (κ2) is 8.26. The van der Waals surface area contributed by atoms with Crippen molar-refractivity contribution in [1.29, 1.82) is 0 Å². The Morgan fingerprint density at radius 1 is 1.43 bits per heavy atom. The number of carboxylic acid groups (broad SMARTS) is 1. The van der Waals surface area contributed by atoms with E-state index in [2.05, 4.69) is 5.32 Å². The summed E-state index contributed by atoms with van der Waals surface area (Å²) in [5, 5.41) is 11.6. The van der Waals surface area contributed by atoms with Crippen molar-refractivity contribution < 1.29 is 19.4 Å². The van der Waals surface area contributed by atoms with Crippen LogP contribution >= 0.6 is 0 Å². The Labute approximate surface area is 124 Å². The fourth-order valence-corrected chi connectivity index (χ4v) is 2.12. The van der Waals surface area contributed by atoms with E-state index < -0.39 is 5.97 Å². The molecule has 0 aliphatic heterocycles. The zero-order valence-corrected chi connectivity index (χ0v) is 12.6. The molecule has 1 aromatic carbocycles. The average molecular weight is 294 g/mol. The number of ether oxygens (including phenoxy) is 1. The van der Waals surface area contributed by atoms with E-state index in [0.29, 0.717) is 18.8 Å². The molecule has 0 saturated carbocycles. The second-order valence-corrected chi connectivity index (χ2v) is 4.80. The molecule has 2 amide bonds. The highest BCUT2D eigenvalue weighted by Gasteiger charge is 2.20. The number of carboxylic acids is 1. The number of carbonyl (C=O) groups is 2. The lowest BCUT2D eigenvalue weighted by molar-refractivity contribution is -0.137. The molecule has 116 valence electrons. The van der Waals surface area contributed by atoms with Crippen molar-refractivity contribution in [3.8, 4) is 0 Å². The minimum absolute atomic E-state index is 0.0784. The highest BCUT2D eigenvalue weighted by molar-refractivity contribution is 5.89. The first kappa shape index (κ1) is 17.0. The molecule has 0 aromatic heterocycles. The fourth-order valence-electron chi connectivity index (χ4n) is 2.12. The van der Waals surface area contributed by atoms with E-state index in [4.69, 9.17) is 9.84 Å². The highest BCUT2D eigenvalue weighted by atomic mass is 16.5. The molecular formula is C15H22N2O4. The van der Waals surface area contributed by atoms with Crippen molar-refractivity contribution >= 4 is 17.7 Å².